The second kappa shape index (κ2) is 6.87. The van der Waals surface area contributed by atoms with Gasteiger partial charge in [0.15, 0.2) is 0 Å². The third-order valence-electron chi connectivity index (χ3n) is 3.53. The third-order valence-corrected chi connectivity index (χ3v) is 5.17. The Kier molecular flexibility index (Phi) is 5.41. The van der Waals surface area contributed by atoms with Gasteiger partial charge < -0.3 is 5.32 Å². The summed E-state index contributed by atoms with van der Waals surface area (Å²) in [5.74, 6) is 0. The van der Waals surface area contributed by atoms with Gasteiger partial charge in [-0.05, 0) is 41.0 Å². The maximum Gasteiger partial charge on any atom is 0.0766 e. The van der Waals surface area contributed by atoms with Crippen molar-refractivity contribution in [3.63, 3.8) is 0 Å². The van der Waals surface area contributed by atoms with Crippen LogP contribution >= 0.6 is 31.9 Å². The van der Waals surface area contributed by atoms with Crippen molar-refractivity contribution in [1.29, 1.82) is 0 Å². The number of rotatable bonds is 5. The molecule has 1 heterocycles. The number of aromatic nitrogens is 2. The molecule has 1 N–H and O–H groups in total. The zero-order valence-corrected chi connectivity index (χ0v) is 15.1. The van der Waals surface area contributed by atoms with Crippen molar-refractivity contribution in [2.45, 2.75) is 25.8 Å². The molecule has 5 heteroatoms. The highest BCUT2D eigenvalue weighted by Gasteiger charge is 2.19. The Morgan fingerprint density at radius 1 is 1.30 bits per heavy atom. The first-order valence-electron chi connectivity index (χ1n) is 6.70. The highest BCUT2D eigenvalue weighted by Crippen LogP contribution is 2.29. The predicted octanol–water partition coefficient (Wildman–Crippen LogP) is 4.01. The van der Waals surface area contributed by atoms with E-state index in [2.05, 4.69) is 67.4 Å². The molecular weight excluding hydrogens is 382 g/mol. The van der Waals surface area contributed by atoms with E-state index in [1.54, 1.807) is 0 Å². The second-order valence-electron chi connectivity index (χ2n) is 4.75. The molecule has 108 valence electrons. The molecule has 2 aromatic rings. The summed E-state index contributed by atoms with van der Waals surface area (Å²) in [6.45, 7) is 2.13. The van der Waals surface area contributed by atoms with Crippen molar-refractivity contribution < 1.29 is 0 Å². The highest BCUT2D eigenvalue weighted by molar-refractivity contribution is 9.10. The summed E-state index contributed by atoms with van der Waals surface area (Å²) in [4.78, 5) is 0. The van der Waals surface area contributed by atoms with E-state index in [4.69, 9.17) is 0 Å². The third kappa shape index (κ3) is 3.15. The summed E-state index contributed by atoms with van der Waals surface area (Å²) in [7, 11) is 4.00. The van der Waals surface area contributed by atoms with Gasteiger partial charge in [-0.15, -0.1) is 0 Å². The summed E-state index contributed by atoms with van der Waals surface area (Å²) in [6.07, 6.45) is 1.83. The van der Waals surface area contributed by atoms with Crippen LogP contribution in [0.3, 0.4) is 0 Å². The molecule has 0 fully saturated rings. The molecule has 0 aliphatic rings. The van der Waals surface area contributed by atoms with E-state index in [1.807, 2.05) is 24.8 Å². The number of nitrogens with one attached hydrogen (secondary N) is 1. The number of halogens is 2. The molecule has 3 nitrogen and oxygen atoms in total. The molecule has 1 atom stereocenters. The lowest BCUT2D eigenvalue weighted by molar-refractivity contribution is 0.558. The molecule has 20 heavy (non-hydrogen) atoms. The molecule has 1 unspecified atom stereocenters. The molecule has 0 aliphatic carbocycles. The van der Waals surface area contributed by atoms with E-state index >= 15 is 0 Å². The van der Waals surface area contributed by atoms with Crippen LogP contribution < -0.4 is 5.32 Å². The predicted molar refractivity (Wildman–Crippen MR) is 89.9 cm³/mol. The Morgan fingerprint density at radius 2 is 2.00 bits per heavy atom. The number of nitrogens with zero attached hydrogens (tertiary/aromatic N) is 2. The van der Waals surface area contributed by atoms with Crippen LogP contribution in [-0.2, 0) is 19.9 Å². The lowest BCUT2D eigenvalue weighted by atomic mass is 10.0. The Labute approximate surface area is 137 Å². The number of hydrogen-bond donors (Lipinski definition) is 1. The van der Waals surface area contributed by atoms with Gasteiger partial charge in [0.2, 0.25) is 0 Å². The SMILES string of the molecule is CCc1nn(C)c(CC(NC)c2ccccc2Br)c1Br. The average Bonchev–Trinajstić information content (AvgIpc) is 2.72. The molecule has 0 spiro atoms. The van der Waals surface area contributed by atoms with Crippen molar-refractivity contribution >= 4 is 31.9 Å². The zero-order valence-electron chi connectivity index (χ0n) is 12.0. The van der Waals surface area contributed by atoms with Crippen LogP contribution in [0.4, 0.5) is 0 Å². The lowest BCUT2D eigenvalue weighted by Gasteiger charge is -2.18. The van der Waals surface area contributed by atoms with Crippen molar-refractivity contribution in [3.05, 3.63) is 50.2 Å². The molecule has 0 saturated heterocycles. The minimum Gasteiger partial charge on any atom is -0.313 e. The van der Waals surface area contributed by atoms with Crippen molar-refractivity contribution in [3.8, 4) is 0 Å². The van der Waals surface area contributed by atoms with Gasteiger partial charge >= 0.3 is 0 Å². The topological polar surface area (TPSA) is 29.9 Å². The number of hydrogen-bond acceptors (Lipinski definition) is 2. The Bertz CT molecular complexity index is 593. The van der Waals surface area contributed by atoms with Gasteiger partial charge in [0.05, 0.1) is 15.9 Å². The van der Waals surface area contributed by atoms with Crippen LogP contribution in [0, 0.1) is 0 Å². The number of benzene rings is 1. The fourth-order valence-corrected chi connectivity index (χ4v) is 3.70. The lowest BCUT2D eigenvalue weighted by Crippen LogP contribution is -2.20. The van der Waals surface area contributed by atoms with Crippen LogP contribution in [0.5, 0.6) is 0 Å². The summed E-state index contributed by atoms with van der Waals surface area (Å²) >= 11 is 7.32. The van der Waals surface area contributed by atoms with E-state index in [1.165, 1.54) is 11.3 Å². The van der Waals surface area contributed by atoms with Gasteiger partial charge in [-0.2, -0.15) is 5.10 Å². The largest absolute Gasteiger partial charge is 0.313 e. The van der Waals surface area contributed by atoms with Gasteiger partial charge in [-0.25, -0.2) is 0 Å². The first-order chi connectivity index (χ1) is 9.58. The summed E-state index contributed by atoms with van der Waals surface area (Å²) in [5, 5.41) is 7.96. The van der Waals surface area contributed by atoms with Gasteiger partial charge in [0, 0.05) is 24.0 Å². The van der Waals surface area contributed by atoms with Gasteiger partial charge in [0.1, 0.15) is 0 Å². The molecule has 0 bridgehead atoms. The standard InChI is InChI=1S/C15H19Br2N3/c1-4-12-15(17)14(20(3)19-12)9-13(18-2)10-7-5-6-8-11(10)16/h5-8,13,18H,4,9H2,1-3H3. The minimum atomic E-state index is 0.252. The van der Waals surface area contributed by atoms with Crippen LogP contribution in [0.15, 0.2) is 33.2 Å². The fourth-order valence-electron chi connectivity index (χ4n) is 2.36. The number of aryl methyl sites for hydroxylation is 2. The Hall–Kier alpha value is -0.650. The molecule has 0 saturated carbocycles. The summed E-state index contributed by atoms with van der Waals surface area (Å²) < 4.78 is 4.24. The van der Waals surface area contributed by atoms with Crippen LogP contribution in [0.25, 0.3) is 0 Å². The van der Waals surface area contributed by atoms with E-state index in [9.17, 15) is 0 Å². The zero-order chi connectivity index (χ0) is 14.7. The minimum absolute atomic E-state index is 0.252. The molecule has 1 aromatic heterocycles. The molecule has 1 aromatic carbocycles. The van der Waals surface area contributed by atoms with Crippen LogP contribution in [0.2, 0.25) is 0 Å². The van der Waals surface area contributed by atoms with Crippen molar-refractivity contribution in [1.82, 2.24) is 15.1 Å². The normalized spacial score (nSPS) is 12.7. The maximum absolute atomic E-state index is 4.56. The second-order valence-corrected chi connectivity index (χ2v) is 6.40. The highest BCUT2D eigenvalue weighted by atomic mass is 79.9. The van der Waals surface area contributed by atoms with E-state index in [-0.39, 0.29) is 6.04 Å². The van der Waals surface area contributed by atoms with Gasteiger partial charge in [-0.1, -0.05) is 41.1 Å². The Balaban J connectivity index is 2.32. The van der Waals surface area contributed by atoms with Crippen molar-refractivity contribution in [2.75, 3.05) is 7.05 Å². The summed E-state index contributed by atoms with van der Waals surface area (Å²) in [6, 6.07) is 8.59. The van der Waals surface area contributed by atoms with Crippen molar-refractivity contribution in [2.24, 2.45) is 7.05 Å². The van der Waals surface area contributed by atoms with E-state index in [0.29, 0.717) is 0 Å². The molecule has 0 aliphatic heterocycles. The quantitative estimate of drug-likeness (QED) is 0.821. The summed E-state index contributed by atoms with van der Waals surface area (Å²) in [5.41, 5.74) is 3.60. The van der Waals surface area contributed by atoms with Gasteiger partial charge in [-0.3, -0.25) is 4.68 Å². The van der Waals surface area contributed by atoms with Crippen LogP contribution in [0.1, 0.15) is 29.9 Å². The molecule has 0 radical (unpaired) electrons. The molecule has 0 amide bonds. The fraction of sp³-hybridized carbons (Fsp3) is 0.400. The maximum atomic E-state index is 4.56. The van der Waals surface area contributed by atoms with E-state index in [0.717, 1.165) is 27.5 Å². The monoisotopic (exact) mass is 399 g/mol. The van der Waals surface area contributed by atoms with Gasteiger partial charge in [0.25, 0.3) is 0 Å². The number of likely N-dealkylation sites (N-methyl/N-ethyl adjacent to an activating group) is 1. The first-order valence-corrected chi connectivity index (χ1v) is 8.29. The van der Waals surface area contributed by atoms with E-state index < -0.39 is 0 Å². The van der Waals surface area contributed by atoms with Crippen LogP contribution in [-0.4, -0.2) is 16.8 Å². The molecule has 2 rings (SSSR count). The molecular formula is C15H19Br2N3. The first kappa shape index (κ1) is 15.7. The smallest absolute Gasteiger partial charge is 0.0766 e. The Morgan fingerprint density at radius 3 is 2.55 bits per heavy atom. The average molecular weight is 401 g/mol.